The van der Waals surface area contributed by atoms with Crippen molar-refractivity contribution in [3.05, 3.63) is 42.0 Å². The van der Waals surface area contributed by atoms with Crippen molar-refractivity contribution in [2.45, 2.75) is 15.5 Å². The maximum Gasteiger partial charge on any atom is 0.288 e. The van der Waals surface area contributed by atoms with Crippen LogP contribution >= 0.6 is 23.1 Å². The highest BCUT2D eigenvalue weighted by Crippen LogP contribution is 2.33. The number of carbonyl (C=O) groups excluding carboxylic acids is 1. The van der Waals surface area contributed by atoms with E-state index in [4.69, 9.17) is 9.47 Å². The highest BCUT2D eigenvalue weighted by molar-refractivity contribution is 7.99. The molecule has 1 saturated heterocycles. The number of carbonyl (C=O) groups is 1. The second-order valence-corrected chi connectivity index (χ2v) is 10.9. The van der Waals surface area contributed by atoms with Crippen LogP contribution in [-0.4, -0.2) is 62.8 Å². The number of nitrogens with one attached hydrogen (secondary N) is 1. The number of amides is 1. The van der Waals surface area contributed by atoms with Gasteiger partial charge in [-0.1, -0.05) is 23.1 Å². The molecule has 0 unspecified atom stereocenters. The van der Waals surface area contributed by atoms with Crippen LogP contribution in [0.1, 0.15) is 10.4 Å². The van der Waals surface area contributed by atoms with E-state index in [1.165, 1.54) is 35.7 Å². The Morgan fingerprint density at radius 2 is 2.00 bits per heavy atom. The Morgan fingerprint density at radius 3 is 2.70 bits per heavy atom. The van der Waals surface area contributed by atoms with Gasteiger partial charge in [0.05, 0.1) is 30.5 Å². The third-order valence-corrected chi connectivity index (χ3v) is 8.38. The molecular weight excluding hydrogens is 496 g/mol. The van der Waals surface area contributed by atoms with Crippen molar-refractivity contribution >= 4 is 54.4 Å². The van der Waals surface area contributed by atoms with Crippen molar-refractivity contribution in [1.29, 1.82) is 0 Å². The fraction of sp³-hybridized carbons (Fsp3) is 0.300. The van der Waals surface area contributed by atoms with E-state index in [0.29, 0.717) is 26.9 Å². The molecule has 13 heteroatoms. The maximum atomic E-state index is 13.1. The van der Waals surface area contributed by atoms with E-state index in [2.05, 4.69) is 10.3 Å². The number of methoxy groups -OCH3 is 1. The number of halogens is 2. The number of rotatable bonds is 7. The van der Waals surface area contributed by atoms with Crippen molar-refractivity contribution in [1.82, 2.24) is 9.29 Å². The van der Waals surface area contributed by atoms with Crippen LogP contribution in [-0.2, 0) is 14.8 Å². The second kappa shape index (κ2) is 9.89. The fourth-order valence-corrected chi connectivity index (χ4v) is 6.35. The zero-order valence-corrected chi connectivity index (χ0v) is 19.7. The molecular formula is C20H19F2N3O5S3. The third-order valence-electron chi connectivity index (χ3n) is 4.82. The first-order valence-electron chi connectivity index (χ1n) is 9.70. The second-order valence-electron chi connectivity index (χ2n) is 6.86. The maximum absolute atomic E-state index is 13.1. The molecule has 2 aromatic carbocycles. The Labute approximate surface area is 196 Å². The molecule has 1 aromatic heterocycles. The number of anilines is 1. The van der Waals surface area contributed by atoms with Gasteiger partial charge < -0.3 is 9.47 Å². The Bertz CT molecular complexity index is 1280. The average molecular weight is 516 g/mol. The van der Waals surface area contributed by atoms with E-state index in [-0.39, 0.29) is 47.6 Å². The predicted molar refractivity (Wildman–Crippen MR) is 122 cm³/mol. The zero-order valence-electron chi connectivity index (χ0n) is 17.3. The third kappa shape index (κ3) is 5.27. The summed E-state index contributed by atoms with van der Waals surface area (Å²) >= 11 is 1.57. The van der Waals surface area contributed by atoms with Crippen molar-refractivity contribution < 1.29 is 31.5 Å². The van der Waals surface area contributed by atoms with Crippen molar-refractivity contribution in [3.8, 4) is 5.75 Å². The Kier molecular flexibility index (Phi) is 7.14. The normalized spacial score (nSPS) is 15.2. The molecule has 0 saturated carbocycles. The van der Waals surface area contributed by atoms with Crippen molar-refractivity contribution in [2.75, 3.05) is 38.7 Å². The summed E-state index contributed by atoms with van der Waals surface area (Å²) in [5, 5.41) is 2.91. The minimum Gasteiger partial charge on any atom is -0.495 e. The molecule has 1 fully saturated rings. The lowest BCUT2D eigenvalue weighted by molar-refractivity contribution is 0.0729. The molecule has 2 heterocycles. The summed E-state index contributed by atoms with van der Waals surface area (Å²) in [4.78, 5) is 17.4. The van der Waals surface area contributed by atoms with Crippen molar-refractivity contribution in [3.63, 3.8) is 0 Å². The lowest BCUT2D eigenvalue weighted by Crippen LogP contribution is -2.40. The topological polar surface area (TPSA) is 97.8 Å². The molecule has 4 rings (SSSR count). The van der Waals surface area contributed by atoms with Crippen molar-refractivity contribution in [2.24, 2.45) is 0 Å². The summed E-state index contributed by atoms with van der Waals surface area (Å²) < 4.78 is 63.8. The highest BCUT2D eigenvalue weighted by atomic mass is 32.2. The van der Waals surface area contributed by atoms with Gasteiger partial charge in [-0.2, -0.15) is 13.1 Å². The van der Waals surface area contributed by atoms with Gasteiger partial charge in [-0.15, -0.1) is 0 Å². The van der Waals surface area contributed by atoms with Gasteiger partial charge in [0.2, 0.25) is 10.0 Å². The quantitative estimate of drug-likeness (QED) is 0.477. The van der Waals surface area contributed by atoms with Gasteiger partial charge in [0.1, 0.15) is 10.6 Å². The fourth-order valence-electron chi connectivity index (χ4n) is 3.25. The summed E-state index contributed by atoms with van der Waals surface area (Å²) in [6, 6.07) is 8.87. The van der Waals surface area contributed by atoms with Crippen LogP contribution in [0.4, 0.5) is 13.9 Å². The van der Waals surface area contributed by atoms with Gasteiger partial charge in [-0.05, 0) is 36.4 Å². The number of nitrogens with zero attached hydrogens (tertiary/aromatic N) is 2. The molecule has 0 bridgehead atoms. The van der Waals surface area contributed by atoms with Crippen LogP contribution in [0.3, 0.4) is 0 Å². The van der Waals surface area contributed by atoms with E-state index < -0.39 is 21.7 Å². The number of benzene rings is 2. The molecule has 0 radical (unpaired) electrons. The average Bonchev–Trinajstić information content (AvgIpc) is 3.20. The van der Waals surface area contributed by atoms with Crippen LogP contribution in [0.25, 0.3) is 10.2 Å². The van der Waals surface area contributed by atoms with Gasteiger partial charge >= 0.3 is 0 Å². The largest absolute Gasteiger partial charge is 0.495 e. The van der Waals surface area contributed by atoms with E-state index >= 15 is 0 Å². The van der Waals surface area contributed by atoms with Gasteiger partial charge in [-0.25, -0.2) is 13.4 Å². The number of thioether (sulfide) groups is 1. The molecule has 0 aliphatic carbocycles. The zero-order chi connectivity index (χ0) is 23.6. The summed E-state index contributed by atoms with van der Waals surface area (Å²) in [6.45, 7) is 0.993. The predicted octanol–water partition coefficient (Wildman–Crippen LogP) is 3.89. The van der Waals surface area contributed by atoms with Crippen LogP contribution in [0.5, 0.6) is 5.75 Å². The number of sulfonamides is 1. The summed E-state index contributed by atoms with van der Waals surface area (Å²) in [5.41, 5.74) is 0.662. The van der Waals surface area contributed by atoms with Crippen LogP contribution < -0.4 is 10.1 Å². The molecule has 1 aliphatic heterocycles. The minimum absolute atomic E-state index is 0.107. The van der Waals surface area contributed by atoms with Gasteiger partial charge in [0.25, 0.3) is 11.7 Å². The molecule has 3 aromatic rings. The first kappa shape index (κ1) is 23.8. The monoisotopic (exact) mass is 515 g/mol. The van der Waals surface area contributed by atoms with E-state index in [1.807, 2.05) is 0 Å². The standard InChI is InChI=1S/C20H19F2N3O5S3/c1-29-15-5-2-12(10-17(15)33(27,28)25-6-8-30-9-7-25)18(26)24-20-23-14-4-3-13(31-19(21)22)11-16(14)32-20/h2-5,10-11,19H,6-9H2,1H3,(H,23,24,26). The first-order valence-corrected chi connectivity index (χ1v) is 12.8. The van der Waals surface area contributed by atoms with Crippen LogP contribution in [0.15, 0.2) is 46.2 Å². The number of ether oxygens (including phenoxy) is 2. The molecule has 0 atom stereocenters. The number of aromatic nitrogens is 1. The molecule has 0 spiro atoms. The van der Waals surface area contributed by atoms with Crippen LogP contribution in [0, 0.1) is 0 Å². The number of hydrogen-bond donors (Lipinski definition) is 1. The van der Waals surface area contributed by atoms with E-state index in [9.17, 15) is 22.0 Å². The lowest BCUT2D eigenvalue weighted by atomic mass is 10.2. The Hall–Kier alpha value is -2.32. The van der Waals surface area contributed by atoms with E-state index in [1.54, 1.807) is 12.1 Å². The smallest absolute Gasteiger partial charge is 0.288 e. The number of morpholine rings is 1. The highest BCUT2D eigenvalue weighted by Gasteiger charge is 2.30. The molecule has 176 valence electrons. The number of hydrogen-bond acceptors (Lipinski definition) is 8. The number of alkyl halides is 2. The van der Waals surface area contributed by atoms with Gasteiger partial charge in [0, 0.05) is 23.5 Å². The summed E-state index contributed by atoms with van der Waals surface area (Å²) in [7, 11) is -2.54. The molecule has 8 nitrogen and oxygen atoms in total. The first-order chi connectivity index (χ1) is 15.8. The van der Waals surface area contributed by atoms with Gasteiger partial charge in [-0.3, -0.25) is 10.1 Å². The molecule has 1 aliphatic rings. The summed E-state index contributed by atoms with van der Waals surface area (Å²) in [5.74, 6) is -2.97. The van der Waals surface area contributed by atoms with E-state index in [0.717, 1.165) is 11.3 Å². The SMILES string of the molecule is COc1ccc(C(=O)Nc2nc3ccc(SC(F)F)cc3s2)cc1S(=O)(=O)N1CCOCC1. The Balaban J connectivity index is 1.59. The van der Waals surface area contributed by atoms with Crippen LogP contribution in [0.2, 0.25) is 0 Å². The molecule has 1 N–H and O–H groups in total. The number of fused-ring (bicyclic) bond motifs is 1. The molecule has 1 amide bonds. The number of thiazole rings is 1. The van der Waals surface area contributed by atoms with Gasteiger partial charge in [0.15, 0.2) is 5.13 Å². The minimum atomic E-state index is -3.90. The summed E-state index contributed by atoms with van der Waals surface area (Å²) in [6.07, 6.45) is 0. The molecule has 33 heavy (non-hydrogen) atoms. The lowest BCUT2D eigenvalue weighted by Gasteiger charge is -2.26. The Morgan fingerprint density at radius 1 is 1.24 bits per heavy atom.